The second-order valence-electron chi connectivity index (χ2n) is 4.55. The molecule has 0 aliphatic heterocycles. The number of nitrogens with zero attached hydrogens (tertiary/aromatic N) is 2. The van der Waals surface area contributed by atoms with Crippen LogP contribution in [0.4, 0.5) is 5.82 Å². The maximum absolute atomic E-state index is 6.09. The van der Waals surface area contributed by atoms with E-state index >= 15 is 0 Å². The van der Waals surface area contributed by atoms with Gasteiger partial charge in [0.15, 0.2) is 0 Å². The van der Waals surface area contributed by atoms with Crippen LogP contribution in [0.15, 0.2) is 22.7 Å². The highest BCUT2D eigenvalue weighted by Gasteiger charge is 2.15. The Morgan fingerprint density at radius 2 is 2.11 bits per heavy atom. The highest BCUT2D eigenvalue weighted by Crippen LogP contribution is 2.30. The summed E-state index contributed by atoms with van der Waals surface area (Å²) < 4.78 is 2.88. The zero-order valence-electron chi connectivity index (χ0n) is 11.0. The van der Waals surface area contributed by atoms with Crippen molar-refractivity contribution in [1.82, 2.24) is 9.78 Å². The Morgan fingerprint density at radius 3 is 2.72 bits per heavy atom. The standard InChI is InChI=1S/C14H18BrN3/c1-4-5-11-13(17-18(3)14(11)16)10-6-7-12(15)9(2)8-10/h6-8H,4-5,16H2,1-3H3. The van der Waals surface area contributed by atoms with Crippen molar-refractivity contribution in [3.05, 3.63) is 33.8 Å². The van der Waals surface area contributed by atoms with Crippen molar-refractivity contribution in [3.63, 3.8) is 0 Å². The predicted molar refractivity (Wildman–Crippen MR) is 79.5 cm³/mol. The molecule has 0 atom stereocenters. The summed E-state index contributed by atoms with van der Waals surface area (Å²) in [6, 6.07) is 6.29. The molecule has 2 N–H and O–H groups in total. The normalized spacial score (nSPS) is 10.9. The lowest BCUT2D eigenvalue weighted by atomic mass is 10.0. The average molecular weight is 308 g/mol. The van der Waals surface area contributed by atoms with Crippen molar-refractivity contribution < 1.29 is 0 Å². The molecule has 0 saturated carbocycles. The molecule has 0 aliphatic rings. The van der Waals surface area contributed by atoms with Gasteiger partial charge in [0.25, 0.3) is 0 Å². The average Bonchev–Trinajstić information content (AvgIpc) is 2.61. The summed E-state index contributed by atoms with van der Waals surface area (Å²) in [6.45, 7) is 4.24. The Bertz CT molecular complexity index is 573. The largest absolute Gasteiger partial charge is 0.384 e. The van der Waals surface area contributed by atoms with Crippen molar-refractivity contribution in [2.75, 3.05) is 5.73 Å². The highest BCUT2D eigenvalue weighted by atomic mass is 79.9. The van der Waals surface area contributed by atoms with Gasteiger partial charge in [0.05, 0.1) is 5.69 Å². The minimum atomic E-state index is 0.771. The number of benzene rings is 1. The van der Waals surface area contributed by atoms with Crippen LogP contribution >= 0.6 is 15.9 Å². The third-order valence-electron chi connectivity index (χ3n) is 3.13. The van der Waals surface area contributed by atoms with Crippen LogP contribution in [0.1, 0.15) is 24.5 Å². The molecule has 2 aromatic rings. The van der Waals surface area contributed by atoms with Gasteiger partial charge < -0.3 is 5.73 Å². The van der Waals surface area contributed by atoms with E-state index in [-0.39, 0.29) is 0 Å². The summed E-state index contributed by atoms with van der Waals surface area (Å²) in [5, 5.41) is 4.55. The molecule has 0 spiro atoms. The van der Waals surface area contributed by atoms with E-state index in [0.717, 1.165) is 40.0 Å². The topological polar surface area (TPSA) is 43.8 Å². The van der Waals surface area contributed by atoms with E-state index in [1.165, 1.54) is 5.56 Å². The van der Waals surface area contributed by atoms with Gasteiger partial charge in [0.2, 0.25) is 0 Å². The Labute approximate surface area is 116 Å². The van der Waals surface area contributed by atoms with E-state index in [2.05, 4.69) is 53.1 Å². The van der Waals surface area contributed by atoms with Crippen molar-refractivity contribution in [2.45, 2.75) is 26.7 Å². The predicted octanol–water partition coefficient (Wildman–Crippen LogP) is 3.69. The van der Waals surface area contributed by atoms with Crippen LogP contribution in [0.3, 0.4) is 0 Å². The maximum atomic E-state index is 6.09. The molecule has 0 fully saturated rings. The van der Waals surface area contributed by atoms with E-state index in [1.807, 2.05) is 7.05 Å². The van der Waals surface area contributed by atoms with Crippen molar-refractivity contribution in [3.8, 4) is 11.3 Å². The summed E-state index contributed by atoms with van der Waals surface area (Å²) in [4.78, 5) is 0. The first kappa shape index (κ1) is 13.1. The lowest BCUT2D eigenvalue weighted by molar-refractivity contribution is 0.781. The first-order valence-corrected chi connectivity index (χ1v) is 6.91. The van der Waals surface area contributed by atoms with Crippen molar-refractivity contribution in [2.24, 2.45) is 7.05 Å². The number of aromatic nitrogens is 2. The number of rotatable bonds is 3. The number of nitrogen functional groups attached to an aromatic ring is 1. The van der Waals surface area contributed by atoms with Crippen LogP contribution in [0, 0.1) is 6.92 Å². The first-order chi connectivity index (χ1) is 8.54. The van der Waals surface area contributed by atoms with E-state index in [0.29, 0.717) is 0 Å². The monoisotopic (exact) mass is 307 g/mol. The SMILES string of the molecule is CCCc1c(-c2ccc(Br)c(C)c2)nn(C)c1N. The quantitative estimate of drug-likeness (QED) is 0.939. The molecular formula is C14H18BrN3. The molecule has 18 heavy (non-hydrogen) atoms. The van der Waals surface area contributed by atoms with Gasteiger partial charge in [0, 0.05) is 22.6 Å². The fourth-order valence-corrected chi connectivity index (χ4v) is 2.35. The van der Waals surface area contributed by atoms with E-state index in [1.54, 1.807) is 4.68 Å². The number of halogens is 1. The summed E-state index contributed by atoms with van der Waals surface area (Å²) in [6.07, 6.45) is 2.03. The van der Waals surface area contributed by atoms with Gasteiger partial charge in [-0.15, -0.1) is 0 Å². The van der Waals surface area contributed by atoms with Crippen LogP contribution in [0.5, 0.6) is 0 Å². The molecule has 4 heteroatoms. The third-order valence-corrected chi connectivity index (χ3v) is 4.01. The Kier molecular flexibility index (Phi) is 3.76. The first-order valence-electron chi connectivity index (χ1n) is 6.12. The molecular weight excluding hydrogens is 290 g/mol. The van der Waals surface area contributed by atoms with E-state index in [9.17, 15) is 0 Å². The molecule has 0 aliphatic carbocycles. The zero-order chi connectivity index (χ0) is 13.3. The Balaban J connectivity index is 2.55. The summed E-state index contributed by atoms with van der Waals surface area (Å²) in [7, 11) is 1.89. The Hall–Kier alpha value is -1.29. The number of anilines is 1. The number of hydrogen-bond acceptors (Lipinski definition) is 2. The number of hydrogen-bond donors (Lipinski definition) is 1. The molecule has 0 saturated heterocycles. The molecule has 1 aromatic heterocycles. The molecule has 0 radical (unpaired) electrons. The number of nitrogens with two attached hydrogens (primary N) is 1. The van der Waals surface area contributed by atoms with E-state index < -0.39 is 0 Å². The molecule has 1 aromatic carbocycles. The van der Waals surface area contributed by atoms with Crippen LogP contribution in [-0.4, -0.2) is 9.78 Å². The number of aryl methyl sites for hydroxylation is 2. The molecule has 0 unspecified atom stereocenters. The third kappa shape index (κ3) is 2.29. The van der Waals surface area contributed by atoms with Gasteiger partial charge in [0.1, 0.15) is 5.82 Å². The fourth-order valence-electron chi connectivity index (χ4n) is 2.10. The van der Waals surface area contributed by atoms with Crippen LogP contribution in [0.25, 0.3) is 11.3 Å². The van der Waals surface area contributed by atoms with Crippen molar-refractivity contribution in [1.29, 1.82) is 0 Å². The van der Waals surface area contributed by atoms with Gasteiger partial charge in [-0.2, -0.15) is 5.10 Å². The van der Waals surface area contributed by atoms with Gasteiger partial charge in [-0.25, -0.2) is 0 Å². The fraction of sp³-hybridized carbons (Fsp3) is 0.357. The van der Waals surface area contributed by atoms with E-state index in [4.69, 9.17) is 5.73 Å². The lowest BCUT2D eigenvalue weighted by Crippen LogP contribution is -1.99. The minimum Gasteiger partial charge on any atom is -0.384 e. The van der Waals surface area contributed by atoms with Gasteiger partial charge in [-0.1, -0.05) is 35.3 Å². The zero-order valence-corrected chi connectivity index (χ0v) is 12.6. The van der Waals surface area contributed by atoms with Crippen LogP contribution in [-0.2, 0) is 13.5 Å². The minimum absolute atomic E-state index is 0.771. The second-order valence-corrected chi connectivity index (χ2v) is 5.40. The molecule has 2 rings (SSSR count). The molecule has 0 bridgehead atoms. The van der Waals surface area contributed by atoms with Gasteiger partial charge in [-0.3, -0.25) is 4.68 Å². The Morgan fingerprint density at radius 1 is 1.39 bits per heavy atom. The molecule has 96 valence electrons. The summed E-state index contributed by atoms with van der Waals surface area (Å²) in [5.41, 5.74) is 10.6. The molecule has 1 heterocycles. The molecule has 0 amide bonds. The highest BCUT2D eigenvalue weighted by molar-refractivity contribution is 9.10. The second kappa shape index (κ2) is 5.14. The van der Waals surface area contributed by atoms with Gasteiger partial charge >= 0.3 is 0 Å². The van der Waals surface area contributed by atoms with Crippen molar-refractivity contribution >= 4 is 21.7 Å². The maximum Gasteiger partial charge on any atom is 0.125 e. The summed E-state index contributed by atoms with van der Waals surface area (Å²) >= 11 is 3.52. The molecule has 3 nitrogen and oxygen atoms in total. The van der Waals surface area contributed by atoms with Crippen LogP contribution in [0.2, 0.25) is 0 Å². The van der Waals surface area contributed by atoms with Gasteiger partial charge in [-0.05, 0) is 31.0 Å². The summed E-state index contributed by atoms with van der Waals surface area (Å²) in [5.74, 6) is 0.771. The lowest BCUT2D eigenvalue weighted by Gasteiger charge is -2.04. The smallest absolute Gasteiger partial charge is 0.125 e. The van der Waals surface area contributed by atoms with Crippen LogP contribution < -0.4 is 5.73 Å².